The highest BCUT2D eigenvalue weighted by molar-refractivity contribution is 5.95. The van der Waals surface area contributed by atoms with Gasteiger partial charge in [0.15, 0.2) is 11.5 Å². The number of nitrogens with zero attached hydrogens (tertiary/aromatic N) is 5. The standard InChI is InChI=1S/C21H23N7O2/c29-20-6-21(12-30-13-21)11-28(20)19-10-27-16(8-23-18(27)9-24-19)15-2-1-3-17(26-15)25-14-4-5-22-7-14/h1-3,8-10,14,22H,4-7,11-13H2,(H,25,26). The second-order valence-corrected chi connectivity index (χ2v) is 8.51. The van der Waals surface area contributed by atoms with Crippen molar-refractivity contribution in [3.05, 3.63) is 36.8 Å². The van der Waals surface area contributed by atoms with E-state index in [0.29, 0.717) is 38.0 Å². The number of rotatable bonds is 4. The first-order valence-electron chi connectivity index (χ1n) is 10.4. The van der Waals surface area contributed by atoms with Gasteiger partial charge in [0.25, 0.3) is 0 Å². The van der Waals surface area contributed by atoms with Gasteiger partial charge in [0.1, 0.15) is 5.82 Å². The van der Waals surface area contributed by atoms with E-state index in [-0.39, 0.29) is 11.3 Å². The molecule has 0 aliphatic carbocycles. The summed E-state index contributed by atoms with van der Waals surface area (Å²) >= 11 is 0. The SMILES string of the molecule is O=C1CC2(COC2)CN1c1cn2c(-c3cccc(NC4CCNC4)n3)cnc2cn1. The number of hydrogen-bond acceptors (Lipinski definition) is 7. The van der Waals surface area contributed by atoms with Gasteiger partial charge in [0.2, 0.25) is 5.91 Å². The van der Waals surface area contributed by atoms with Crippen molar-refractivity contribution in [2.45, 2.75) is 18.9 Å². The van der Waals surface area contributed by atoms with Crippen LogP contribution in [0.1, 0.15) is 12.8 Å². The van der Waals surface area contributed by atoms with Crippen LogP contribution in [0.2, 0.25) is 0 Å². The van der Waals surface area contributed by atoms with Crippen molar-refractivity contribution < 1.29 is 9.53 Å². The van der Waals surface area contributed by atoms with Gasteiger partial charge in [-0.3, -0.25) is 14.1 Å². The molecule has 6 heterocycles. The Labute approximate surface area is 173 Å². The van der Waals surface area contributed by atoms with E-state index in [4.69, 9.17) is 9.72 Å². The Bertz CT molecular complexity index is 1120. The Morgan fingerprint density at radius 2 is 2.17 bits per heavy atom. The zero-order valence-corrected chi connectivity index (χ0v) is 16.5. The van der Waals surface area contributed by atoms with E-state index in [0.717, 1.165) is 42.4 Å². The van der Waals surface area contributed by atoms with Crippen LogP contribution in [0.3, 0.4) is 0 Å². The van der Waals surface area contributed by atoms with Gasteiger partial charge in [-0.15, -0.1) is 0 Å². The number of ether oxygens (including phenoxy) is 1. The Kier molecular flexibility index (Phi) is 4.00. The van der Waals surface area contributed by atoms with Crippen LogP contribution >= 0.6 is 0 Å². The fourth-order valence-electron chi connectivity index (χ4n) is 4.54. The molecule has 1 spiro atoms. The third kappa shape index (κ3) is 2.93. The minimum Gasteiger partial charge on any atom is -0.380 e. The summed E-state index contributed by atoms with van der Waals surface area (Å²) in [7, 11) is 0. The van der Waals surface area contributed by atoms with Crippen LogP contribution in [-0.2, 0) is 9.53 Å². The molecule has 3 aliphatic rings. The van der Waals surface area contributed by atoms with Gasteiger partial charge in [-0.25, -0.2) is 15.0 Å². The first-order chi connectivity index (χ1) is 14.7. The van der Waals surface area contributed by atoms with Crippen molar-refractivity contribution in [2.75, 3.05) is 43.1 Å². The number of anilines is 2. The molecule has 154 valence electrons. The van der Waals surface area contributed by atoms with Crippen molar-refractivity contribution in [1.82, 2.24) is 24.7 Å². The van der Waals surface area contributed by atoms with Crippen LogP contribution in [0.15, 0.2) is 36.8 Å². The van der Waals surface area contributed by atoms with E-state index in [1.165, 1.54) is 0 Å². The van der Waals surface area contributed by atoms with E-state index < -0.39 is 0 Å². The van der Waals surface area contributed by atoms with Crippen LogP contribution < -0.4 is 15.5 Å². The molecule has 0 bridgehead atoms. The molecule has 0 aromatic carbocycles. The van der Waals surface area contributed by atoms with Crippen LogP contribution in [0.5, 0.6) is 0 Å². The number of pyridine rings is 1. The lowest BCUT2D eigenvalue weighted by molar-refractivity contribution is -0.126. The monoisotopic (exact) mass is 405 g/mol. The third-order valence-corrected chi connectivity index (χ3v) is 6.22. The fraction of sp³-hybridized carbons (Fsp3) is 0.429. The van der Waals surface area contributed by atoms with Crippen LogP contribution in [0, 0.1) is 5.41 Å². The molecule has 3 aromatic rings. The predicted octanol–water partition coefficient (Wildman–Crippen LogP) is 1.32. The number of carbonyl (C=O) groups is 1. The molecule has 0 radical (unpaired) electrons. The molecule has 0 saturated carbocycles. The summed E-state index contributed by atoms with van der Waals surface area (Å²) in [6.45, 7) is 3.93. The predicted molar refractivity (Wildman–Crippen MR) is 111 cm³/mol. The topological polar surface area (TPSA) is 96.7 Å². The van der Waals surface area contributed by atoms with Gasteiger partial charge in [0.05, 0.1) is 43.2 Å². The van der Waals surface area contributed by atoms with E-state index in [1.807, 2.05) is 28.8 Å². The Balaban J connectivity index is 1.33. The molecule has 1 amide bonds. The number of fused-ring (bicyclic) bond motifs is 1. The summed E-state index contributed by atoms with van der Waals surface area (Å²) in [5, 5.41) is 6.85. The minimum absolute atomic E-state index is 0.0395. The van der Waals surface area contributed by atoms with Crippen molar-refractivity contribution >= 4 is 23.2 Å². The molecular weight excluding hydrogens is 382 g/mol. The molecular formula is C21H23N7O2. The van der Waals surface area contributed by atoms with Gasteiger partial charge in [0, 0.05) is 31.0 Å². The third-order valence-electron chi connectivity index (χ3n) is 6.22. The molecule has 9 nitrogen and oxygen atoms in total. The summed E-state index contributed by atoms with van der Waals surface area (Å²) in [5.41, 5.74) is 2.38. The average molecular weight is 405 g/mol. The molecule has 3 aliphatic heterocycles. The molecule has 3 saturated heterocycles. The number of aromatic nitrogens is 4. The molecule has 6 rings (SSSR count). The van der Waals surface area contributed by atoms with E-state index in [1.54, 1.807) is 17.3 Å². The Morgan fingerprint density at radius 3 is 2.93 bits per heavy atom. The molecule has 1 atom stereocenters. The number of hydrogen-bond donors (Lipinski definition) is 2. The van der Waals surface area contributed by atoms with Gasteiger partial charge in [-0.2, -0.15) is 0 Å². The quantitative estimate of drug-likeness (QED) is 0.676. The van der Waals surface area contributed by atoms with Crippen molar-refractivity contribution in [1.29, 1.82) is 0 Å². The highest BCUT2D eigenvalue weighted by Crippen LogP contribution is 2.39. The maximum Gasteiger partial charge on any atom is 0.229 e. The van der Waals surface area contributed by atoms with Crippen LogP contribution in [-0.4, -0.2) is 64.1 Å². The van der Waals surface area contributed by atoms with Crippen molar-refractivity contribution in [3.63, 3.8) is 0 Å². The van der Waals surface area contributed by atoms with Crippen LogP contribution in [0.4, 0.5) is 11.6 Å². The summed E-state index contributed by atoms with van der Waals surface area (Å²) in [6.07, 6.45) is 7.01. The molecule has 9 heteroatoms. The van der Waals surface area contributed by atoms with Gasteiger partial charge >= 0.3 is 0 Å². The zero-order chi connectivity index (χ0) is 20.1. The van der Waals surface area contributed by atoms with Gasteiger partial charge in [-0.05, 0) is 25.1 Å². The van der Waals surface area contributed by atoms with Gasteiger partial charge < -0.3 is 15.4 Å². The molecule has 30 heavy (non-hydrogen) atoms. The van der Waals surface area contributed by atoms with E-state index >= 15 is 0 Å². The summed E-state index contributed by atoms with van der Waals surface area (Å²) < 4.78 is 7.31. The molecule has 1 unspecified atom stereocenters. The zero-order valence-electron chi connectivity index (χ0n) is 16.5. The molecule has 3 aromatic heterocycles. The number of imidazole rings is 1. The Morgan fingerprint density at radius 1 is 1.23 bits per heavy atom. The number of nitrogens with one attached hydrogen (secondary N) is 2. The first kappa shape index (κ1) is 17.8. The van der Waals surface area contributed by atoms with Crippen molar-refractivity contribution in [3.8, 4) is 11.4 Å². The molecule has 2 N–H and O–H groups in total. The van der Waals surface area contributed by atoms with Crippen LogP contribution in [0.25, 0.3) is 17.0 Å². The highest BCUT2D eigenvalue weighted by atomic mass is 16.5. The van der Waals surface area contributed by atoms with Crippen molar-refractivity contribution in [2.24, 2.45) is 5.41 Å². The maximum absolute atomic E-state index is 12.6. The normalized spacial score (nSPS) is 22.7. The lowest BCUT2D eigenvalue weighted by Crippen LogP contribution is -2.44. The summed E-state index contributed by atoms with van der Waals surface area (Å²) in [6, 6.07) is 6.36. The fourth-order valence-corrected chi connectivity index (χ4v) is 4.54. The Hall–Kier alpha value is -3.04. The summed E-state index contributed by atoms with van der Waals surface area (Å²) in [5.74, 6) is 1.59. The lowest BCUT2D eigenvalue weighted by Gasteiger charge is -2.36. The largest absolute Gasteiger partial charge is 0.380 e. The minimum atomic E-state index is -0.0395. The second kappa shape index (κ2) is 6.75. The number of carbonyl (C=O) groups excluding carboxylic acids is 1. The maximum atomic E-state index is 12.6. The first-order valence-corrected chi connectivity index (χ1v) is 10.4. The smallest absolute Gasteiger partial charge is 0.229 e. The average Bonchev–Trinajstić information content (AvgIpc) is 3.45. The molecule has 3 fully saturated rings. The van der Waals surface area contributed by atoms with Gasteiger partial charge in [-0.1, -0.05) is 6.07 Å². The summed E-state index contributed by atoms with van der Waals surface area (Å²) in [4.78, 5) is 28.1. The van der Waals surface area contributed by atoms with E-state index in [9.17, 15) is 4.79 Å². The van der Waals surface area contributed by atoms with E-state index in [2.05, 4.69) is 20.6 Å². The highest BCUT2D eigenvalue weighted by Gasteiger charge is 2.49. The lowest BCUT2D eigenvalue weighted by atomic mass is 9.85. The second-order valence-electron chi connectivity index (χ2n) is 8.51. The number of amides is 1.